The Morgan fingerprint density at radius 3 is 2.87 bits per heavy atom. The summed E-state index contributed by atoms with van der Waals surface area (Å²) in [4.78, 5) is 34.9. The van der Waals surface area contributed by atoms with Gasteiger partial charge in [-0.3, -0.25) is 9.59 Å². The summed E-state index contributed by atoms with van der Waals surface area (Å²) in [6.45, 7) is 6.00. The predicted octanol–water partition coefficient (Wildman–Crippen LogP) is 3.53. The van der Waals surface area contributed by atoms with Gasteiger partial charge in [0.1, 0.15) is 5.82 Å². The summed E-state index contributed by atoms with van der Waals surface area (Å²) in [7, 11) is 0. The van der Waals surface area contributed by atoms with Gasteiger partial charge in [0.25, 0.3) is 5.91 Å². The van der Waals surface area contributed by atoms with Crippen molar-refractivity contribution in [1.82, 2.24) is 14.9 Å². The molecule has 7 nitrogen and oxygen atoms in total. The van der Waals surface area contributed by atoms with Crippen molar-refractivity contribution in [3.63, 3.8) is 0 Å². The maximum absolute atomic E-state index is 14.5. The van der Waals surface area contributed by atoms with Gasteiger partial charge in [0.2, 0.25) is 11.9 Å². The molecule has 2 amide bonds. The summed E-state index contributed by atoms with van der Waals surface area (Å²) in [5, 5.41) is 6.67. The van der Waals surface area contributed by atoms with Gasteiger partial charge in [0, 0.05) is 36.3 Å². The number of hydrogen-bond acceptors (Lipinski definition) is 5. The van der Waals surface area contributed by atoms with Crippen LogP contribution in [0.1, 0.15) is 22.3 Å². The minimum absolute atomic E-state index is 0.00205. The number of benzene rings is 2. The first-order valence-electron chi connectivity index (χ1n) is 9.96. The van der Waals surface area contributed by atoms with Crippen LogP contribution in [0, 0.1) is 12.7 Å². The Kier molecular flexibility index (Phi) is 5.62. The molecule has 2 heterocycles. The number of aryl methyl sites for hydroxylation is 1. The van der Waals surface area contributed by atoms with E-state index in [0.29, 0.717) is 24.6 Å². The lowest BCUT2D eigenvalue weighted by Crippen LogP contribution is -2.32. The van der Waals surface area contributed by atoms with Gasteiger partial charge in [0.05, 0.1) is 11.2 Å². The molecule has 0 spiro atoms. The number of carbonyl (C=O) groups excluding carboxylic acids is 2. The lowest BCUT2D eigenvalue weighted by Gasteiger charge is -2.18. The number of rotatable bonds is 5. The van der Waals surface area contributed by atoms with Crippen molar-refractivity contribution in [1.29, 1.82) is 0 Å². The highest BCUT2D eigenvalue weighted by Gasteiger charge is 2.28. The number of aromatic nitrogens is 2. The van der Waals surface area contributed by atoms with E-state index < -0.39 is 11.7 Å². The first-order valence-corrected chi connectivity index (χ1v) is 9.96. The van der Waals surface area contributed by atoms with Crippen LogP contribution in [0.5, 0.6) is 0 Å². The number of nitrogens with one attached hydrogen (secondary N) is 2. The summed E-state index contributed by atoms with van der Waals surface area (Å²) < 4.78 is 14.5. The molecule has 2 aromatic carbocycles. The Morgan fingerprint density at radius 2 is 2.10 bits per heavy atom. The Hall–Kier alpha value is -3.81. The number of likely N-dealkylation sites (tertiary alicyclic amines) is 1. The summed E-state index contributed by atoms with van der Waals surface area (Å²) in [6, 6.07) is 10.5. The fourth-order valence-electron chi connectivity index (χ4n) is 3.67. The standard InChI is InChI=1S/C23H22FN5O2/c1-3-20(30)28-21-14(2)10-16(11-18(21)24)22(31)29-9-8-17(13-29)26-23-25-12-15-6-4-5-7-19(15)27-23/h3-7,10-12,17H,1,8-9,13H2,2H3,(H,28,30)(H,25,26,27)/t17-/m0/s1. The molecular weight excluding hydrogens is 397 g/mol. The second-order valence-electron chi connectivity index (χ2n) is 7.48. The zero-order valence-corrected chi connectivity index (χ0v) is 17.1. The second-order valence-corrected chi connectivity index (χ2v) is 7.48. The van der Waals surface area contributed by atoms with E-state index in [4.69, 9.17) is 0 Å². The molecule has 0 saturated carbocycles. The van der Waals surface area contributed by atoms with Gasteiger partial charge in [0.15, 0.2) is 0 Å². The van der Waals surface area contributed by atoms with Crippen LogP contribution in [0.2, 0.25) is 0 Å². The largest absolute Gasteiger partial charge is 0.350 e. The van der Waals surface area contributed by atoms with Crippen LogP contribution in [0.3, 0.4) is 0 Å². The van der Waals surface area contributed by atoms with Gasteiger partial charge < -0.3 is 15.5 Å². The minimum atomic E-state index is -0.656. The molecule has 1 aliphatic rings. The van der Waals surface area contributed by atoms with Crippen molar-refractivity contribution in [3.8, 4) is 0 Å². The Bertz CT molecular complexity index is 1160. The van der Waals surface area contributed by atoms with Crippen LogP contribution in [-0.4, -0.2) is 45.8 Å². The third-order valence-electron chi connectivity index (χ3n) is 5.27. The van der Waals surface area contributed by atoms with Gasteiger partial charge in [-0.1, -0.05) is 24.8 Å². The minimum Gasteiger partial charge on any atom is -0.350 e. The average Bonchev–Trinajstić information content (AvgIpc) is 3.23. The lowest BCUT2D eigenvalue weighted by molar-refractivity contribution is -0.111. The van der Waals surface area contributed by atoms with Gasteiger partial charge in [-0.25, -0.2) is 14.4 Å². The van der Waals surface area contributed by atoms with Crippen molar-refractivity contribution >= 4 is 34.4 Å². The van der Waals surface area contributed by atoms with Crippen LogP contribution >= 0.6 is 0 Å². The van der Waals surface area contributed by atoms with Crippen LogP contribution in [0.15, 0.2) is 55.3 Å². The number of carbonyl (C=O) groups is 2. The molecule has 2 N–H and O–H groups in total. The van der Waals surface area contributed by atoms with Gasteiger partial charge in [-0.2, -0.15) is 0 Å². The highest BCUT2D eigenvalue weighted by Crippen LogP contribution is 2.24. The topological polar surface area (TPSA) is 87.2 Å². The number of fused-ring (bicyclic) bond motifs is 1. The molecule has 1 aromatic heterocycles. The van der Waals surface area contributed by atoms with Gasteiger partial charge >= 0.3 is 0 Å². The quantitative estimate of drug-likeness (QED) is 0.618. The second kappa shape index (κ2) is 8.51. The lowest BCUT2D eigenvalue weighted by atomic mass is 10.1. The van der Waals surface area contributed by atoms with Crippen LogP contribution < -0.4 is 10.6 Å². The Morgan fingerprint density at radius 1 is 1.29 bits per heavy atom. The van der Waals surface area contributed by atoms with E-state index in [0.717, 1.165) is 29.5 Å². The molecule has 158 valence electrons. The number of hydrogen-bond donors (Lipinski definition) is 2. The molecule has 1 atom stereocenters. The maximum atomic E-state index is 14.5. The normalized spacial score (nSPS) is 15.7. The molecule has 0 unspecified atom stereocenters. The fourth-order valence-corrected chi connectivity index (χ4v) is 3.67. The molecule has 1 aliphatic heterocycles. The number of anilines is 2. The molecule has 3 aromatic rings. The summed E-state index contributed by atoms with van der Waals surface area (Å²) in [5.41, 5.74) is 1.61. The Balaban J connectivity index is 1.44. The SMILES string of the molecule is C=CC(=O)Nc1c(C)cc(C(=O)N2CC[C@H](Nc3ncc4ccccc4n3)C2)cc1F. The smallest absolute Gasteiger partial charge is 0.254 e. The van der Waals surface area contributed by atoms with E-state index in [1.165, 1.54) is 0 Å². The zero-order valence-electron chi connectivity index (χ0n) is 17.1. The van der Waals surface area contributed by atoms with Crippen molar-refractivity contribution < 1.29 is 14.0 Å². The molecule has 1 saturated heterocycles. The molecule has 0 aliphatic carbocycles. The third kappa shape index (κ3) is 4.37. The first kappa shape index (κ1) is 20.5. The van der Waals surface area contributed by atoms with Crippen molar-refractivity contribution in [2.24, 2.45) is 0 Å². The number of nitrogens with zero attached hydrogens (tertiary/aromatic N) is 3. The van der Waals surface area contributed by atoms with Crippen molar-refractivity contribution in [2.45, 2.75) is 19.4 Å². The molecule has 31 heavy (non-hydrogen) atoms. The van der Waals surface area contributed by atoms with Gasteiger partial charge in [-0.05, 0) is 43.2 Å². The van der Waals surface area contributed by atoms with Crippen LogP contribution in [0.4, 0.5) is 16.0 Å². The molecule has 0 bridgehead atoms. The zero-order chi connectivity index (χ0) is 22.0. The average molecular weight is 419 g/mol. The van der Waals surface area contributed by atoms with E-state index >= 15 is 0 Å². The fraction of sp³-hybridized carbons (Fsp3) is 0.217. The van der Waals surface area contributed by atoms with Crippen LogP contribution in [0.25, 0.3) is 10.9 Å². The van der Waals surface area contributed by atoms with Crippen molar-refractivity contribution in [2.75, 3.05) is 23.7 Å². The monoisotopic (exact) mass is 419 g/mol. The molecule has 8 heteroatoms. The first-order chi connectivity index (χ1) is 14.9. The number of amides is 2. The summed E-state index contributed by atoms with van der Waals surface area (Å²) >= 11 is 0. The van der Waals surface area contributed by atoms with E-state index in [1.807, 2.05) is 24.3 Å². The highest BCUT2D eigenvalue weighted by molar-refractivity contribution is 6.00. The summed E-state index contributed by atoms with van der Waals surface area (Å²) in [6.07, 6.45) is 3.56. The van der Waals surface area contributed by atoms with Crippen LogP contribution in [-0.2, 0) is 4.79 Å². The number of para-hydroxylation sites is 1. The molecule has 4 rings (SSSR count). The predicted molar refractivity (Wildman–Crippen MR) is 117 cm³/mol. The van der Waals surface area contributed by atoms with E-state index in [-0.39, 0.29) is 23.2 Å². The van der Waals surface area contributed by atoms with E-state index in [2.05, 4.69) is 27.2 Å². The van der Waals surface area contributed by atoms with Crippen molar-refractivity contribution in [3.05, 3.63) is 72.2 Å². The number of halogens is 1. The molecule has 0 radical (unpaired) electrons. The van der Waals surface area contributed by atoms with Gasteiger partial charge in [-0.15, -0.1) is 0 Å². The van der Waals surface area contributed by atoms with E-state index in [9.17, 15) is 14.0 Å². The Labute approximate surface area is 179 Å². The molecule has 1 fully saturated rings. The highest BCUT2D eigenvalue weighted by atomic mass is 19.1. The molecular formula is C23H22FN5O2. The third-order valence-corrected chi connectivity index (χ3v) is 5.27. The maximum Gasteiger partial charge on any atom is 0.254 e. The summed E-state index contributed by atoms with van der Waals surface area (Å²) in [5.74, 6) is -0.906. The van der Waals surface area contributed by atoms with E-state index in [1.54, 1.807) is 24.1 Å².